The zero-order chi connectivity index (χ0) is 25.5. The zero-order valence-electron chi connectivity index (χ0n) is 21.2. The molecule has 0 saturated heterocycles. The number of aromatic nitrogens is 1. The van der Waals surface area contributed by atoms with Gasteiger partial charge in [0.25, 0.3) is 0 Å². The summed E-state index contributed by atoms with van der Waals surface area (Å²) in [6.07, 6.45) is 0. The standard InChI is InChI=1S/C32H32N2O3/c1-2-36-32(35)24-33(22-25-11-4-3-5-12-25)23-26-13-10-14-27(21-26)37-20-19-34-30-17-8-6-15-28(30)29-16-7-9-18-31(29)34/h3-18,21H,2,19-20,22-24H2,1H3. The summed E-state index contributed by atoms with van der Waals surface area (Å²) >= 11 is 0. The topological polar surface area (TPSA) is 43.7 Å². The Bertz CT molecular complexity index is 1420. The summed E-state index contributed by atoms with van der Waals surface area (Å²) in [6, 6.07) is 35.3. The van der Waals surface area contributed by atoms with E-state index in [1.54, 1.807) is 0 Å². The predicted molar refractivity (Wildman–Crippen MR) is 149 cm³/mol. The molecule has 0 spiro atoms. The number of hydrogen-bond acceptors (Lipinski definition) is 4. The summed E-state index contributed by atoms with van der Waals surface area (Å²) in [5, 5.41) is 2.53. The molecule has 0 radical (unpaired) electrons. The zero-order valence-corrected chi connectivity index (χ0v) is 21.2. The average molecular weight is 493 g/mol. The highest BCUT2D eigenvalue weighted by Crippen LogP contribution is 2.28. The molecule has 5 heteroatoms. The Balaban J connectivity index is 1.27. The number of para-hydroxylation sites is 2. The van der Waals surface area contributed by atoms with Crippen LogP contribution in [-0.2, 0) is 29.2 Å². The number of rotatable bonds is 11. The molecule has 0 unspecified atom stereocenters. The Kier molecular flexibility index (Phi) is 7.82. The normalized spacial score (nSPS) is 11.3. The van der Waals surface area contributed by atoms with Crippen molar-refractivity contribution in [1.82, 2.24) is 9.47 Å². The van der Waals surface area contributed by atoms with E-state index in [2.05, 4.69) is 82.3 Å². The molecule has 37 heavy (non-hydrogen) atoms. The van der Waals surface area contributed by atoms with Crippen molar-refractivity contribution in [2.45, 2.75) is 26.6 Å². The maximum Gasteiger partial charge on any atom is 0.320 e. The molecule has 5 aromatic rings. The van der Waals surface area contributed by atoms with Crippen LogP contribution < -0.4 is 4.74 Å². The third-order valence-electron chi connectivity index (χ3n) is 6.48. The van der Waals surface area contributed by atoms with Gasteiger partial charge in [0.05, 0.1) is 19.7 Å². The minimum absolute atomic E-state index is 0.211. The molecule has 0 aliphatic heterocycles. The predicted octanol–water partition coefficient (Wildman–Crippen LogP) is 6.44. The number of fused-ring (bicyclic) bond motifs is 3. The van der Waals surface area contributed by atoms with Gasteiger partial charge in [0.2, 0.25) is 0 Å². The largest absolute Gasteiger partial charge is 0.492 e. The van der Waals surface area contributed by atoms with Gasteiger partial charge in [0.1, 0.15) is 12.4 Å². The molecule has 0 atom stereocenters. The number of nitrogens with zero attached hydrogens (tertiary/aromatic N) is 2. The van der Waals surface area contributed by atoms with E-state index in [1.165, 1.54) is 21.8 Å². The second kappa shape index (κ2) is 11.8. The number of carbonyl (C=O) groups is 1. The smallest absolute Gasteiger partial charge is 0.320 e. The van der Waals surface area contributed by atoms with E-state index in [0.717, 1.165) is 23.4 Å². The summed E-state index contributed by atoms with van der Waals surface area (Å²) in [7, 11) is 0. The molecule has 0 N–H and O–H groups in total. The lowest BCUT2D eigenvalue weighted by molar-refractivity contribution is -0.144. The highest BCUT2D eigenvalue weighted by atomic mass is 16.5. The lowest BCUT2D eigenvalue weighted by Gasteiger charge is -2.22. The number of benzene rings is 4. The van der Waals surface area contributed by atoms with Gasteiger partial charge in [0.15, 0.2) is 0 Å². The second-order valence-electron chi connectivity index (χ2n) is 9.12. The van der Waals surface area contributed by atoms with Gasteiger partial charge in [-0.25, -0.2) is 0 Å². The average Bonchev–Trinajstić information content (AvgIpc) is 3.23. The van der Waals surface area contributed by atoms with E-state index >= 15 is 0 Å². The maximum atomic E-state index is 12.3. The van der Waals surface area contributed by atoms with Crippen molar-refractivity contribution < 1.29 is 14.3 Å². The van der Waals surface area contributed by atoms with Crippen LogP contribution in [0.25, 0.3) is 21.8 Å². The third-order valence-corrected chi connectivity index (χ3v) is 6.48. The van der Waals surface area contributed by atoms with Crippen molar-refractivity contribution in [1.29, 1.82) is 0 Å². The van der Waals surface area contributed by atoms with Gasteiger partial charge in [-0.15, -0.1) is 0 Å². The van der Waals surface area contributed by atoms with Crippen LogP contribution in [0.1, 0.15) is 18.1 Å². The van der Waals surface area contributed by atoms with Crippen LogP contribution in [0.4, 0.5) is 0 Å². The van der Waals surface area contributed by atoms with Crippen LogP contribution in [0.3, 0.4) is 0 Å². The Morgan fingerprint density at radius 1 is 0.757 bits per heavy atom. The SMILES string of the molecule is CCOC(=O)CN(Cc1ccccc1)Cc1cccc(OCCn2c3ccccc3c3ccccc32)c1. The molecular weight excluding hydrogens is 460 g/mol. The first-order chi connectivity index (χ1) is 18.2. The van der Waals surface area contributed by atoms with Crippen LogP contribution in [0, 0.1) is 0 Å². The van der Waals surface area contributed by atoms with Crippen LogP contribution in [0.15, 0.2) is 103 Å². The fraction of sp³-hybridized carbons (Fsp3) is 0.219. The molecule has 0 saturated carbocycles. The van der Waals surface area contributed by atoms with Crippen LogP contribution in [0.5, 0.6) is 5.75 Å². The van der Waals surface area contributed by atoms with Gasteiger partial charge in [0, 0.05) is 34.9 Å². The van der Waals surface area contributed by atoms with Gasteiger partial charge in [-0.2, -0.15) is 0 Å². The molecule has 1 heterocycles. The maximum absolute atomic E-state index is 12.3. The van der Waals surface area contributed by atoms with E-state index in [9.17, 15) is 4.79 Å². The highest BCUT2D eigenvalue weighted by Gasteiger charge is 2.14. The summed E-state index contributed by atoms with van der Waals surface area (Å²) < 4.78 is 13.7. The lowest BCUT2D eigenvalue weighted by Crippen LogP contribution is -2.30. The molecule has 188 valence electrons. The fourth-order valence-corrected chi connectivity index (χ4v) is 4.89. The first kappa shape index (κ1) is 24.6. The summed E-state index contributed by atoms with van der Waals surface area (Å²) in [4.78, 5) is 14.4. The van der Waals surface area contributed by atoms with Crippen molar-refractivity contribution in [3.8, 4) is 5.75 Å². The molecule has 1 aromatic heterocycles. The van der Waals surface area contributed by atoms with Crippen molar-refractivity contribution in [2.24, 2.45) is 0 Å². The number of hydrogen-bond donors (Lipinski definition) is 0. The van der Waals surface area contributed by atoms with E-state index in [-0.39, 0.29) is 12.5 Å². The quantitative estimate of drug-likeness (QED) is 0.199. The van der Waals surface area contributed by atoms with Gasteiger partial charge in [-0.3, -0.25) is 9.69 Å². The molecule has 4 aromatic carbocycles. The first-order valence-electron chi connectivity index (χ1n) is 12.8. The minimum atomic E-state index is -0.211. The Morgan fingerprint density at radius 3 is 2.08 bits per heavy atom. The monoisotopic (exact) mass is 492 g/mol. The van der Waals surface area contributed by atoms with Crippen LogP contribution >= 0.6 is 0 Å². The van der Waals surface area contributed by atoms with Gasteiger partial charge < -0.3 is 14.0 Å². The third kappa shape index (κ3) is 6.01. The van der Waals surface area contributed by atoms with E-state index in [0.29, 0.717) is 26.3 Å². The molecule has 0 fully saturated rings. The highest BCUT2D eigenvalue weighted by molar-refractivity contribution is 6.07. The molecule has 0 aliphatic rings. The summed E-state index contributed by atoms with van der Waals surface area (Å²) in [5.41, 5.74) is 4.69. The molecule has 5 rings (SSSR count). The van der Waals surface area contributed by atoms with E-state index < -0.39 is 0 Å². The van der Waals surface area contributed by atoms with Crippen LogP contribution in [-0.4, -0.2) is 35.2 Å². The molecule has 5 nitrogen and oxygen atoms in total. The number of ether oxygens (including phenoxy) is 2. The van der Waals surface area contributed by atoms with E-state index in [1.807, 2.05) is 37.3 Å². The Hall–Kier alpha value is -4.09. The number of carbonyl (C=O) groups excluding carboxylic acids is 1. The molecule has 0 amide bonds. The molecule has 0 bridgehead atoms. The van der Waals surface area contributed by atoms with Crippen LogP contribution in [0.2, 0.25) is 0 Å². The lowest BCUT2D eigenvalue weighted by atomic mass is 10.1. The molecule has 0 aliphatic carbocycles. The van der Waals surface area contributed by atoms with Crippen molar-refractivity contribution in [3.05, 3.63) is 114 Å². The van der Waals surface area contributed by atoms with Gasteiger partial charge in [-0.1, -0.05) is 78.9 Å². The van der Waals surface area contributed by atoms with Gasteiger partial charge >= 0.3 is 5.97 Å². The molecular formula is C32H32N2O3. The van der Waals surface area contributed by atoms with Crippen molar-refractivity contribution >= 4 is 27.8 Å². The van der Waals surface area contributed by atoms with E-state index in [4.69, 9.17) is 9.47 Å². The summed E-state index contributed by atoms with van der Waals surface area (Å²) in [6.45, 7) is 5.05. The minimum Gasteiger partial charge on any atom is -0.492 e. The van der Waals surface area contributed by atoms with Crippen molar-refractivity contribution in [2.75, 3.05) is 19.8 Å². The Labute approximate surface area is 217 Å². The second-order valence-corrected chi connectivity index (χ2v) is 9.12. The Morgan fingerprint density at radius 2 is 1.38 bits per heavy atom. The summed E-state index contributed by atoms with van der Waals surface area (Å²) in [5.74, 6) is 0.617. The van der Waals surface area contributed by atoms with Crippen molar-refractivity contribution in [3.63, 3.8) is 0 Å². The fourth-order valence-electron chi connectivity index (χ4n) is 4.89. The van der Waals surface area contributed by atoms with Gasteiger partial charge in [-0.05, 0) is 42.3 Å². The first-order valence-corrected chi connectivity index (χ1v) is 12.8. The number of esters is 1.